The van der Waals surface area contributed by atoms with Crippen molar-refractivity contribution in [3.05, 3.63) is 69.3 Å². The van der Waals surface area contributed by atoms with Gasteiger partial charge < -0.3 is 10.2 Å². The third-order valence-electron chi connectivity index (χ3n) is 4.01. The predicted molar refractivity (Wildman–Crippen MR) is 87.5 cm³/mol. The van der Waals surface area contributed by atoms with E-state index in [0.717, 1.165) is 19.5 Å². The number of carbonyl (C=O) groups is 1. The van der Waals surface area contributed by atoms with Gasteiger partial charge >= 0.3 is 0 Å². The number of likely N-dealkylation sites (N-methyl/N-ethyl adjacent to an activating group) is 1. The highest BCUT2D eigenvalue weighted by Crippen LogP contribution is 2.23. The van der Waals surface area contributed by atoms with Gasteiger partial charge in [-0.2, -0.15) is 0 Å². The van der Waals surface area contributed by atoms with Crippen LogP contribution in [0.1, 0.15) is 21.5 Å². The Kier molecular flexibility index (Phi) is 4.08. The average Bonchev–Trinajstić information content (AvgIpc) is 2.54. The van der Waals surface area contributed by atoms with Crippen LogP contribution >= 0.6 is 0 Å². The summed E-state index contributed by atoms with van der Waals surface area (Å²) >= 11 is 0. The number of benzene rings is 2. The second-order valence-electron chi connectivity index (χ2n) is 5.70. The van der Waals surface area contributed by atoms with Crippen LogP contribution in [0.3, 0.4) is 0 Å². The molecule has 0 spiro atoms. The van der Waals surface area contributed by atoms with Gasteiger partial charge in [0.05, 0.1) is 4.92 Å². The summed E-state index contributed by atoms with van der Waals surface area (Å²) in [5.41, 5.74) is 2.99. The molecule has 0 aliphatic carbocycles. The molecule has 2 aromatic rings. The SMILES string of the molecule is CN1CCc2ccc(NC(=O)c3ccccc3[N+](=O)[O-])cc2C1. The maximum Gasteiger partial charge on any atom is 0.282 e. The van der Waals surface area contributed by atoms with Crippen molar-refractivity contribution in [3.63, 3.8) is 0 Å². The largest absolute Gasteiger partial charge is 0.322 e. The first-order chi connectivity index (χ1) is 11.0. The van der Waals surface area contributed by atoms with Crippen LogP contribution in [-0.4, -0.2) is 29.3 Å². The van der Waals surface area contributed by atoms with Gasteiger partial charge in [0.1, 0.15) is 5.56 Å². The van der Waals surface area contributed by atoms with Crippen molar-refractivity contribution >= 4 is 17.3 Å². The lowest BCUT2D eigenvalue weighted by Gasteiger charge is -2.25. The van der Waals surface area contributed by atoms with Crippen molar-refractivity contribution in [1.29, 1.82) is 0 Å². The molecule has 3 rings (SSSR count). The van der Waals surface area contributed by atoms with E-state index in [4.69, 9.17) is 0 Å². The van der Waals surface area contributed by atoms with Crippen molar-refractivity contribution in [2.75, 3.05) is 18.9 Å². The first-order valence-corrected chi connectivity index (χ1v) is 7.40. The molecule has 0 aromatic heterocycles. The number of nitro benzene ring substituents is 1. The number of nitrogens with one attached hydrogen (secondary N) is 1. The summed E-state index contributed by atoms with van der Waals surface area (Å²) in [6, 6.07) is 11.7. The van der Waals surface area contributed by atoms with Gasteiger partial charge in [-0.05, 0) is 42.8 Å². The lowest BCUT2D eigenvalue weighted by molar-refractivity contribution is -0.385. The molecule has 0 fully saturated rings. The van der Waals surface area contributed by atoms with Gasteiger partial charge in [0, 0.05) is 24.8 Å². The van der Waals surface area contributed by atoms with Crippen molar-refractivity contribution < 1.29 is 9.72 Å². The van der Waals surface area contributed by atoms with E-state index in [1.54, 1.807) is 12.1 Å². The fourth-order valence-corrected chi connectivity index (χ4v) is 2.80. The predicted octanol–water partition coefficient (Wildman–Crippen LogP) is 2.84. The Morgan fingerprint density at radius 3 is 2.78 bits per heavy atom. The fraction of sp³-hybridized carbons (Fsp3) is 0.235. The van der Waals surface area contributed by atoms with Crippen LogP contribution in [0.4, 0.5) is 11.4 Å². The Morgan fingerprint density at radius 1 is 1.22 bits per heavy atom. The molecule has 1 aliphatic heterocycles. The van der Waals surface area contributed by atoms with Crippen LogP contribution in [0.2, 0.25) is 0 Å². The van der Waals surface area contributed by atoms with Gasteiger partial charge in [-0.25, -0.2) is 0 Å². The standard InChI is InChI=1S/C17H17N3O3/c1-19-9-8-12-6-7-14(10-13(12)11-19)18-17(21)15-4-2-3-5-16(15)20(22)23/h2-7,10H,8-9,11H2,1H3,(H,18,21). The van der Waals surface area contributed by atoms with Gasteiger partial charge in [0.15, 0.2) is 0 Å². The molecule has 118 valence electrons. The third kappa shape index (κ3) is 3.22. The number of hydrogen-bond acceptors (Lipinski definition) is 4. The lowest BCUT2D eigenvalue weighted by atomic mass is 9.99. The Labute approximate surface area is 133 Å². The number of amides is 1. The van der Waals surface area contributed by atoms with Gasteiger partial charge in [0.25, 0.3) is 11.6 Å². The van der Waals surface area contributed by atoms with Crippen LogP contribution in [0.15, 0.2) is 42.5 Å². The van der Waals surface area contributed by atoms with Crippen LogP contribution in [-0.2, 0) is 13.0 Å². The van der Waals surface area contributed by atoms with E-state index < -0.39 is 10.8 Å². The Hall–Kier alpha value is -2.73. The molecule has 1 amide bonds. The molecule has 0 unspecified atom stereocenters. The zero-order valence-corrected chi connectivity index (χ0v) is 12.8. The van der Waals surface area contributed by atoms with Crippen molar-refractivity contribution in [2.24, 2.45) is 0 Å². The number of nitro groups is 1. The van der Waals surface area contributed by atoms with E-state index in [1.807, 2.05) is 18.2 Å². The summed E-state index contributed by atoms with van der Waals surface area (Å²) in [6.07, 6.45) is 0.990. The number of para-hydroxylation sites is 1. The molecule has 0 atom stereocenters. The van der Waals surface area contributed by atoms with Crippen molar-refractivity contribution in [3.8, 4) is 0 Å². The van der Waals surface area contributed by atoms with Gasteiger partial charge in [-0.1, -0.05) is 18.2 Å². The van der Waals surface area contributed by atoms with E-state index in [0.29, 0.717) is 5.69 Å². The molecule has 0 saturated heterocycles. The van der Waals surface area contributed by atoms with E-state index in [1.165, 1.54) is 23.3 Å². The number of anilines is 1. The number of nitrogens with zero attached hydrogens (tertiary/aromatic N) is 2. The zero-order valence-electron chi connectivity index (χ0n) is 12.8. The Balaban J connectivity index is 1.84. The molecule has 0 radical (unpaired) electrons. The molecule has 6 heteroatoms. The molecule has 0 bridgehead atoms. The van der Waals surface area contributed by atoms with Crippen LogP contribution in [0.25, 0.3) is 0 Å². The topological polar surface area (TPSA) is 75.5 Å². The van der Waals surface area contributed by atoms with Gasteiger partial charge in [0.2, 0.25) is 0 Å². The maximum absolute atomic E-state index is 12.3. The monoisotopic (exact) mass is 311 g/mol. The highest BCUT2D eigenvalue weighted by Gasteiger charge is 2.20. The van der Waals surface area contributed by atoms with E-state index in [9.17, 15) is 14.9 Å². The summed E-state index contributed by atoms with van der Waals surface area (Å²) in [5.74, 6) is -0.471. The first kappa shape index (κ1) is 15.2. The van der Waals surface area contributed by atoms with Crippen molar-refractivity contribution in [1.82, 2.24) is 4.90 Å². The van der Waals surface area contributed by atoms with Crippen LogP contribution in [0.5, 0.6) is 0 Å². The quantitative estimate of drug-likeness (QED) is 0.698. The molecule has 0 saturated carbocycles. The summed E-state index contributed by atoms with van der Waals surface area (Å²) < 4.78 is 0. The average molecular weight is 311 g/mol. The zero-order chi connectivity index (χ0) is 16.4. The highest BCUT2D eigenvalue weighted by molar-refractivity contribution is 6.07. The molecule has 1 heterocycles. The smallest absolute Gasteiger partial charge is 0.282 e. The van der Waals surface area contributed by atoms with Crippen LogP contribution < -0.4 is 5.32 Å². The van der Waals surface area contributed by atoms with E-state index in [2.05, 4.69) is 17.3 Å². The van der Waals surface area contributed by atoms with Gasteiger partial charge in [-0.3, -0.25) is 14.9 Å². The maximum atomic E-state index is 12.3. The minimum Gasteiger partial charge on any atom is -0.322 e. The molecule has 1 aliphatic rings. The molecular formula is C17H17N3O3. The van der Waals surface area contributed by atoms with E-state index in [-0.39, 0.29) is 11.3 Å². The molecular weight excluding hydrogens is 294 g/mol. The fourth-order valence-electron chi connectivity index (χ4n) is 2.80. The Morgan fingerprint density at radius 2 is 2.00 bits per heavy atom. The number of hydrogen-bond donors (Lipinski definition) is 1. The molecule has 23 heavy (non-hydrogen) atoms. The summed E-state index contributed by atoms with van der Waals surface area (Å²) in [6.45, 7) is 1.86. The Bertz CT molecular complexity index is 773. The second-order valence-corrected chi connectivity index (χ2v) is 5.70. The number of fused-ring (bicyclic) bond motifs is 1. The molecule has 2 aromatic carbocycles. The summed E-state index contributed by atoms with van der Waals surface area (Å²) in [5, 5.41) is 13.8. The molecule has 1 N–H and O–H groups in total. The highest BCUT2D eigenvalue weighted by atomic mass is 16.6. The first-order valence-electron chi connectivity index (χ1n) is 7.40. The third-order valence-corrected chi connectivity index (χ3v) is 4.01. The van der Waals surface area contributed by atoms with Crippen molar-refractivity contribution in [2.45, 2.75) is 13.0 Å². The summed E-state index contributed by atoms with van der Waals surface area (Å²) in [4.78, 5) is 25.0. The number of rotatable bonds is 3. The molecule has 6 nitrogen and oxygen atoms in total. The number of carbonyl (C=O) groups excluding carboxylic acids is 1. The van der Waals surface area contributed by atoms with E-state index >= 15 is 0 Å². The van der Waals surface area contributed by atoms with Crippen LogP contribution in [0, 0.1) is 10.1 Å². The summed E-state index contributed by atoms with van der Waals surface area (Å²) in [7, 11) is 2.06. The minimum atomic E-state index is -0.545. The normalized spacial score (nSPS) is 14.1. The van der Waals surface area contributed by atoms with Gasteiger partial charge in [-0.15, -0.1) is 0 Å². The second kappa shape index (κ2) is 6.18. The lowest BCUT2D eigenvalue weighted by Crippen LogP contribution is -2.26. The minimum absolute atomic E-state index is 0.0624.